The first-order chi connectivity index (χ1) is 13.7. The molecule has 5 nitrogen and oxygen atoms in total. The number of nitrogens with zero attached hydrogens (tertiary/aromatic N) is 1. The van der Waals surface area contributed by atoms with Crippen molar-refractivity contribution >= 4 is 29.3 Å². The zero-order valence-corrected chi connectivity index (χ0v) is 15.5. The van der Waals surface area contributed by atoms with E-state index in [0.29, 0.717) is 18.7 Å². The maximum Gasteiger partial charge on any atom is 0.293 e. The van der Waals surface area contributed by atoms with E-state index in [1.165, 1.54) is 10.8 Å². The number of carbonyl (C=O) groups is 1. The highest BCUT2D eigenvalue weighted by Crippen LogP contribution is 2.26. The lowest BCUT2D eigenvalue weighted by molar-refractivity contribution is -0.128. The highest BCUT2D eigenvalue weighted by molar-refractivity contribution is 5.96. The molecular weight excluding hydrogens is 352 g/mol. The SMILES string of the molecule is CCOC=O.NC1N=c2c(-c3cccc4ccccc34)cccc2=CC1=C=O. The van der Waals surface area contributed by atoms with Crippen LogP contribution in [-0.2, 0) is 14.3 Å². The second-order valence-corrected chi connectivity index (χ2v) is 6.10. The minimum absolute atomic E-state index is 0.382. The maximum absolute atomic E-state index is 11.0. The van der Waals surface area contributed by atoms with E-state index in [4.69, 9.17) is 5.73 Å². The maximum atomic E-state index is 11.0. The van der Waals surface area contributed by atoms with E-state index < -0.39 is 6.17 Å². The van der Waals surface area contributed by atoms with Gasteiger partial charge in [0.2, 0.25) is 0 Å². The number of carbonyl (C=O) groups excluding carboxylic acids is 2. The van der Waals surface area contributed by atoms with Crippen molar-refractivity contribution in [2.24, 2.45) is 10.7 Å². The third-order valence-corrected chi connectivity index (χ3v) is 4.40. The molecule has 140 valence electrons. The minimum atomic E-state index is -0.656. The third kappa shape index (κ3) is 3.91. The van der Waals surface area contributed by atoms with Crippen molar-refractivity contribution in [1.29, 1.82) is 0 Å². The van der Waals surface area contributed by atoms with Gasteiger partial charge < -0.3 is 10.5 Å². The van der Waals surface area contributed by atoms with Gasteiger partial charge in [0.05, 0.1) is 17.5 Å². The molecule has 1 atom stereocenters. The van der Waals surface area contributed by atoms with Gasteiger partial charge >= 0.3 is 0 Å². The normalized spacial score (nSPS) is 14.5. The van der Waals surface area contributed by atoms with E-state index in [1.54, 1.807) is 13.0 Å². The number of benzene rings is 3. The fourth-order valence-corrected chi connectivity index (χ4v) is 3.12. The zero-order valence-electron chi connectivity index (χ0n) is 15.5. The largest absolute Gasteiger partial charge is 0.468 e. The Hall–Kier alpha value is -3.53. The summed E-state index contributed by atoms with van der Waals surface area (Å²) in [7, 11) is 0. The monoisotopic (exact) mass is 372 g/mol. The number of para-hydroxylation sites is 1. The summed E-state index contributed by atoms with van der Waals surface area (Å²) in [5, 5.41) is 4.08. The van der Waals surface area contributed by atoms with Crippen LogP contribution in [0, 0.1) is 0 Å². The van der Waals surface area contributed by atoms with E-state index in [0.717, 1.165) is 21.7 Å². The Bertz CT molecular complexity index is 1170. The Labute approximate surface area is 162 Å². The fourth-order valence-electron chi connectivity index (χ4n) is 3.12. The first kappa shape index (κ1) is 19.2. The number of fused-ring (bicyclic) bond motifs is 2. The molecule has 2 N–H and O–H groups in total. The molecule has 0 radical (unpaired) electrons. The number of hydrogen-bond donors (Lipinski definition) is 1. The van der Waals surface area contributed by atoms with Crippen LogP contribution in [-0.4, -0.2) is 25.2 Å². The van der Waals surface area contributed by atoms with Gasteiger partial charge in [-0.2, -0.15) is 0 Å². The van der Waals surface area contributed by atoms with Gasteiger partial charge in [0.15, 0.2) is 0 Å². The minimum Gasteiger partial charge on any atom is -0.468 e. The van der Waals surface area contributed by atoms with Crippen LogP contribution in [0.5, 0.6) is 0 Å². The van der Waals surface area contributed by atoms with Crippen molar-refractivity contribution in [2.45, 2.75) is 13.1 Å². The molecule has 0 amide bonds. The van der Waals surface area contributed by atoms with Crippen molar-refractivity contribution in [3.63, 3.8) is 0 Å². The lowest BCUT2D eigenvalue weighted by Gasteiger charge is -2.13. The Morgan fingerprint density at radius 3 is 2.50 bits per heavy atom. The lowest BCUT2D eigenvalue weighted by Crippen LogP contribution is -2.37. The van der Waals surface area contributed by atoms with Gasteiger partial charge in [-0.1, -0.05) is 60.7 Å². The van der Waals surface area contributed by atoms with Crippen molar-refractivity contribution in [3.05, 3.63) is 76.8 Å². The van der Waals surface area contributed by atoms with Crippen LogP contribution in [0.2, 0.25) is 0 Å². The summed E-state index contributed by atoms with van der Waals surface area (Å²) in [4.78, 5) is 24.7. The molecule has 3 aromatic carbocycles. The lowest BCUT2D eigenvalue weighted by atomic mass is 9.96. The predicted molar refractivity (Wildman–Crippen MR) is 110 cm³/mol. The van der Waals surface area contributed by atoms with Gasteiger partial charge in [0.25, 0.3) is 6.47 Å². The average Bonchev–Trinajstić information content (AvgIpc) is 2.73. The highest BCUT2D eigenvalue weighted by atomic mass is 16.5. The zero-order chi connectivity index (χ0) is 19.9. The van der Waals surface area contributed by atoms with E-state index >= 15 is 0 Å². The van der Waals surface area contributed by atoms with Gasteiger partial charge in [-0.25, -0.2) is 4.79 Å². The number of hydrogen-bond acceptors (Lipinski definition) is 5. The smallest absolute Gasteiger partial charge is 0.293 e. The molecule has 1 unspecified atom stereocenters. The Kier molecular flexibility index (Phi) is 6.12. The summed E-state index contributed by atoms with van der Waals surface area (Å²) in [5.74, 6) is 1.88. The van der Waals surface area contributed by atoms with Crippen molar-refractivity contribution in [1.82, 2.24) is 0 Å². The van der Waals surface area contributed by atoms with Gasteiger partial charge in [0.1, 0.15) is 12.1 Å². The molecule has 1 heterocycles. The van der Waals surface area contributed by atoms with Gasteiger partial charge in [-0.05, 0) is 29.3 Å². The van der Waals surface area contributed by atoms with E-state index in [2.05, 4.69) is 34.0 Å². The van der Waals surface area contributed by atoms with E-state index in [1.807, 2.05) is 42.3 Å². The molecule has 1 aliphatic heterocycles. The first-order valence-electron chi connectivity index (χ1n) is 8.92. The van der Waals surface area contributed by atoms with Crippen molar-refractivity contribution in [3.8, 4) is 11.1 Å². The molecule has 0 saturated carbocycles. The van der Waals surface area contributed by atoms with Crippen LogP contribution in [0.3, 0.4) is 0 Å². The number of nitrogens with two attached hydrogens (primary N) is 1. The van der Waals surface area contributed by atoms with Crippen LogP contribution >= 0.6 is 0 Å². The standard InChI is InChI=1S/C20H14N2O.C3H6O2/c21-20-15(12-23)11-14-7-4-10-18(19(14)22-20)17-9-3-6-13-5-1-2-8-16(13)17;1-2-5-3-4/h1-11,20H,21H2;3H,2H2,1H3. The van der Waals surface area contributed by atoms with Gasteiger partial charge in [-0.3, -0.25) is 9.79 Å². The van der Waals surface area contributed by atoms with Crippen LogP contribution in [0.1, 0.15) is 6.92 Å². The average molecular weight is 372 g/mol. The summed E-state index contributed by atoms with van der Waals surface area (Å²) >= 11 is 0. The van der Waals surface area contributed by atoms with Crippen LogP contribution in [0.25, 0.3) is 28.0 Å². The fraction of sp³-hybridized carbons (Fsp3) is 0.130. The number of ether oxygens (including phenoxy) is 1. The molecule has 0 spiro atoms. The molecule has 0 aliphatic carbocycles. The molecule has 0 aromatic heterocycles. The molecule has 0 saturated heterocycles. The predicted octanol–water partition coefficient (Wildman–Crippen LogP) is 2.14. The van der Waals surface area contributed by atoms with Gasteiger partial charge in [-0.15, -0.1) is 0 Å². The van der Waals surface area contributed by atoms with Crippen LogP contribution < -0.4 is 16.3 Å². The van der Waals surface area contributed by atoms with E-state index in [9.17, 15) is 9.59 Å². The molecular formula is C23H20N2O3. The molecule has 3 aromatic rings. The molecule has 4 rings (SSSR count). The summed E-state index contributed by atoms with van der Waals surface area (Å²) in [6.45, 7) is 2.66. The summed E-state index contributed by atoms with van der Waals surface area (Å²) in [5.41, 5.74) is 8.49. The molecule has 0 fully saturated rings. The quantitative estimate of drug-likeness (QED) is 0.564. The number of rotatable bonds is 3. The topological polar surface area (TPSA) is 81.8 Å². The third-order valence-electron chi connectivity index (χ3n) is 4.40. The molecule has 28 heavy (non-hydrogen) atoms. The molecule has 1 aliphatic rings. The second kappa shape index (κ2) is 8.91. The Morgan fingerprint density at radius 2 is 1.79 bits per heavy atom. The first-order valence-corrected chi connectivity index (χ1v) is 8.92. The second-order valence-electron chi connectivity index (χ2n) is 6.10. The van der Waals surface area contributed by atoms with Gasteiger partial charge in [0, 0.05) is 10.8 Å². The summed E-state index contributed by atoms with van der Waals surface area (Å²) in [6, 6.07) is 20.4. The molecule has 0 bridgehead atoms. The van der Waals surface area contributed by atoms with E-state index in [-0.39, 0.29) is 0 Å². The Morgan fingerprint density at radius 1 is 1.07 bits per heavy atom. The summed E-state index contributed by atoms with van der Waals surface area (Å²) in [6.07, 6.45) is 1.12. The van der Waals surface area contributed by atoms with Crippen LogP contribution in [0.4, 0.5) is 0 Å². The Balaban J connectivity index is 0.000000403. The highest BCUT2D eigenvalue weighted by Gasteiger charge is 2.14. The summed E-state index contributed by atoms with van der Waals surface area (Å²) < 4.78 is 4.15. The molecule has 5 heteroatoms. The van der Waals surface area contributed by atoms with Crippen LogP contribution in [0.15, 0.2) is 71.2 Å². The van der Waals surface area contributed by atoms with Crippen molar-refractivity contribution in [2.75, 3.05) is 6.61 Å². The van der Waals surface area contributed by atoms with Crippen molar-refractivity contribution < 1.29 is 14.3 Å².